The van der Waals surface area contributed by atoms with E-state index in [9.17, 15) is 4.79 Å². The fraction of sp³-hybridized carbons (Fsp3) is 0.941. The summed E-state index contributed by atoms with van der Waals surface area (Å²) >= 11 is 0. The second-order valence-electron chi connectivity index (χ2n) is 8.17. The average molecular weight is 280 g/mol. The standard InChI is InChI=1S/C17H32N2O/c1-13-6-5-9-17(18,12-13)15(20)19(4)14-7-10-16(2,3)11-8-14/h13-14H,5-12,18H2,1-4H3. The summed E-state index contributed by atoms with van der Waals surface area (Å²) in [5.41, 5.74) is 6.31. The molecule has 20 heavy (non-hydrogen) atoms. The predicted octanol–water partition coefficient (Wildman–Crippen LogP) is 3.32. The number of likely N-dealkylation sites (N-methyl/N-ethyl adjacent to an activating group) is 1. The molecule has 0 saturated heterocycles. The summed E-state index contributed by atoms with van der Waals surface area (Å²) in [6.07, 6.45) is 8.70. The van der Waals surface area contributed by atoms with Crippen molar-refractivity contribution in [3.63, 3.8) is 0 Å². The third-order valence-electron chi connectivity index (χ3n) is 5.64. The lowest BCUT2D eigenvalue weighted by atomic mass is 9.73. The molecule has 2 aliphatic rings. The molecule has 2 unspecified atom stereocenters. The van der Waals surface area contributed by atoms with Crippen molar-refractivity contribution in [2.75, 3.05) is 7.05 Å². The predicted molar refractivity (Wildman–Crippen MR) is 83.4 cm³/mol. The minimum absolute atomic E-state index is 0.189. The van der Waals surface area contributed by atoms with Gasteiger partial charge in [-0.2, -0.15) is 0 Å². The zero-order valence-corrected chi connectivity index (χ0v) is 13.7. The molecule has 0 heterocycles. The largest absolute Gasteiger partial charge is 0.341 e. The lowest BCUT2D eigenvalue weighted by Crippen LogP contribution is -2.58. The van der Waals surface area contributed by atoms with Crippen LogP contribution >= 0.6 is 0 Å². The van der Waals surface area contributed by atoms with Gasteiger partial charge in [0.05, 0.1) is 5.54 Å². The second-order valence-corrected chi connectivity index (χ2v) is 8.17. The molecule has 3 heteroatoms. The molecule has 0 aliphatic heterocycles. The monoisotopic (exact) mass is 280 g/mol. The van der Waals surface area contributed by atoms with Crippen molar-refractivity contribution < 1.29 is 4.79 Å². The smallest absolute Gasteiger partial charge is 0.242 e. The van der Waals surface area contributed by atoms with Crippen LogP contribution < -0.4 is 5.73 Å². The van der Waals surface area contributed by atoms with Crippen molar-refractivity contribution in [2.45, 2.75) is 83.7 Å². The highest BCUT2D eigenvalue weighted by atomic mass is 16.2. The van der Waals surface area contributed by atoms with Crippen LogP contribution in [0.3, 0.4) is 0 Å². The van der Waals surface area contributed by atoms with E-state index in [1.165, 1.54) is 19.3 Å². The zero-order valence-electron chi connectivity index (χ0n) is 13.7. The first kappa shape index (κ1) is 15.8. The SMILES string of the molecule is CC1CCCC(N)(C(=O)N(C)C2CCC(C)(C)CC2)C1. The van der Waals surface area contributed by atoms with Gasteiger partial charge in [0, 0.05) is 13.1 Å². The van der Waals surface area contributed by atoms with E-state index in [0.717, 1.165) is 32.1 Å². The molecule has 116 valence electrons. The number of hydrogen-bond donors (Lipinski definition) is 1. The van der Waals surface area contributed by atoms with E-state index in [2.05, 4.69) is 20.8 Å². The van der Waals surface area contributed by atoms with Crippen LogP contribution in [0.2, 0.25) is 0 Å². The Labute approximate surface area is 124 Å². The first-order valence-electron chi connectivity index (χ1n) is 8.30. The molecule has 2 fully saturated rings. The maximum Gasteiger partial charge on any atom is 0.242 e. The van der Waals surface area contributed by atoms with E-state index >= 15 is 0 Å². The second kappa shape index (κ2) is 5.67. The zero-order chi connectivity index (χ0) is 15.0. The summed E-state index contributed by atoms with van der Waals surface area (Å²) in [6.45, 7) is 6.88. The van der Waals surface area contributed by atoms with Crippen molar-refractivity contribution in [1.82, 2.24) is 4.90 Å². The molecular formula is C17H32N2O. The molecular weight excluding hydrogens is 248 g/mol. The van der Waals surface area contributed by atoms with E-state index in [4.69, 9.17) is 5.73 Å². The van der Waals surface area contributed by atoms with Gasteiger partial charge < -0.3 is 10.6 Å². The Balaban J connectivity index is 1.98. The Hall–Kier alpha value is -0.570. The molecule has 2 N–H and O–H groups in total. The topological polar surface area (TPSA) is 46.3 Å². The van der Waals surface area contributed by atoms with Crippen LogP contribution in [-0.4, -0.2) is 29.4 Å². The summed E-state index contributed by atoms with van der Waals surface area (Å²) in [4.78, 5) is 14.8. The van der Waals surface area contributed by atoms with Gasteiger partial charge in [0.15, 0.2) is 0 Å². The Morgan fingerprint density at radius 2 is 1.75 bits per heavy atom. The Bertz CT molecular complexity index is 356. The minimum atomic E-state index is -0.598. The van der Waals surface area contributed by atoms with Gasteiger partial charge >= 0.3 is 0 Å². The molecule has 0 bridgehead atoms. The molecule has 0 radical (unpaired) electrons. The third kappa shape index (κ3) is 3.36. The molecule has 0 spiro atoms. The number of hydrogen-bond acceptors (Lipinski definition) is 2. The van der Waals surface area contributed by atoms with Gasteiger partial charge in [-0.25, -0.2) is 0 Å². The van der Waals surface area contributed by atoms with Crippen molar-refractivity contribution in [1.29, 1.82) is 0 Å². The first-order valence-corrected chi connectivity index (χ1v) is 8.30. The number of amides is 1. The molecule has 0 aromatic rings. The summed E-state index contributed by atoms with van der Waals surface area (Å²) in [6, 6.07) is 0.396. The molecule has 2 atom stereocenters. The lowest BCUT2D eigenvalue weighted by Gasteiger charge is -2.43. The number of rotatable bonds is 2. The fourth-order valence-corrected chi connectivity index (χ4v) is 4.07. The number of nitrogens with two attached hydrogens (primary N) is 1. The van der Waals surface area contributed by atoms with E-state index in [1.807, 2.05) is 11.9 Å². The van der Waals surface area contributed by atoms with Crippen LogP contribution in [0.4, 0.5) is 0 Å². The number of carbonyl (C=O) groups is 1. The maximum absolute atomic E-state index is 12.8. The summed E-state index contributed by atoms with van der Waals surface area (Å²) in [7, 11) is 1.97. The third-order valence-corrected chi connectivity index (χ3v) is 5.64. The lowest BCUT2D eigenvalue weighted by molar-refractivity contribution is -0.140. The van der Waals surface area contributed by atoms with Crippen molar-refractivity contribution in [2.24, 2.45) is 17.1 Å². The van der Waals surface area contributed by atoms with Crippen LogP contribution in [0.15, 0.2) is 0 Å². The van der Waals surface area contributed by atoms with Crippen LogP contribution in [0.5, 0.6) is 0 Å². The number of carbonyl (C=O) groups excluding carboxylic acids is 1. The van der Waals surface area contributed by atoms with Crippen LogP contribution in [0.1, 0.15) is 72.1 Å². The Morgan fingerprint density at radius 3 is 2.30 bits per heavy atom. The maximum atomic E-state index is 12.8. The highest BCUT2D eigenvalue weighted by Gasteiger charge is 2.42. The van der Waals surface area contributed by atoms with Gasteiger partial charge in [0.25, 0.3) is 0 Å². The van der Waals surface area contributed by atoms with Crippen LogP contribution in [0, 0.1) is 11.3 Å². The van der Waals surface area contributed by atoms with Gasteiger partial charge in [-0.15, -0.1) is 0 Å². The van der Waals surface area contributed by atoms with E-state index in [1.54, 1.807) is 0 Å². The molecule has 3 nitrogen and oxygen atoms in total. The van der Waals surface area contributed by atoms with Crippen molar-refractivity contribution >= 4 is 5.91 Å². The van der Waals surface area contributed by atoms with Crippen LogP contribution in [0.25, 0.3) is 0 Å². The molecule has 2 aliphatic carbocycles. The van der Waals surface area contributed by atoms with E-state index < -0.39 is 5.54 Å². The normalized spacial score (nSPS) is 34.8. The van der Waals surface area contributed by atoms with Gasteiger partial charge in [-0.3, -0.25) is 4.79 Å². The molecule has 0 aromatic heterocycles. The first-order chi connectivity index (χ1) is 9.23. The van der Waals surface area contributed by atoms with Crippen LogP contribution in [-0.2, 0) is 4.79 Å². The average Bonchev–Trinajstić information content (AvgIpc) is 2.37. The molecule has 2 rings (SSSR count). The Kier molecular flexibility index (Phi) is 4.48. The quantitative estimate of drug-likeness (QED) is 0.843. The van der Waals surface area contributed by atoms with Crippen molar-refractivity contribution in [3.05, 3.63) is 0 Å². The highest BCUT2D eigenvalue weighted by molar-refractivity contribution is 5.86. The van der Waals surface area contributed by atoms with Gasteiger partial charge in [-0.05, 0) is 49.9 Å². The molecule has 2 saturated carbocycles. The highest BCUT2D eigenvalue weighted by Crippen LogP contribution is 2.38. The van der Waals surface area contributed by atoms with E-state index in [0.29, 0.717) is 17.4 Å². The molecule has 0 aromatic carbocycles. The Morgan fingerprint density at radius 1 is 1.15 bits per heavy atom. The van der Waals surface area contributed by atoms with Gasteiger partial charge in [-0.1, -0.05) is 33.6 Å². The van der Waals surface area contributed by atoms with Gasteiger partial charge in [0.2, 0.25) is 5.91 Å². The summed E-state index contributed by atoms with van der Waals surface area (Å²) in [5.74, 6) is 0.769. The summed E-state index contributed by atoms with van der Waals surface area (Å²) in [5, 5.41) is 0. The van der Waals surface area contributed by atoms with Gasteiger partial charge in [0.1, 0.15) is 0 Å². The fourth-order valence-electron chi connectivity index (χ4n) is 4.07. The van der Waals surface area contributed by atoms with E-state index in [-0.39, 0.29) is 5.91 Å². The molecule has 1 amide bonds. The summed E-state index contributed by atoms with van der Waals surface area (Å²) < 4.78 is 0. The minimum Gasteiger partial charge on any atom is -0.341 e. The van der Waals surface area contributed by atoms with Crippen molar-refractivity contribution in [3.8, 4) is 0 Å². The number of nitrogens with zero attached hydrogens (tertiary/aromatic N) is 1.